The summed E-state index contributed by atoms with van der Waals surface area (Å²) < 4.78 is 5.09. The third-order valence-corrected chi connectivity index (χ3v) is 5.18. The molecule has 20 heavy (non-hydrogen) atoms. The number of nitrogens with one attached hydrogen (secondary N) is 1. The molecule has 0 amide bonds. The fraction of sp³-hybridized carbons (Fsp3) is 0.467. The van der Waals surface area contributed by atoms with Gasteiger partial charge in [-0.25, -0.2) is 4.98 Å². The summed E-state index contributed by atoms with van der Waals surface area (Å²) in [5.41, 5.74) is 4.06. The Labute approximate surface area is 129 Å². The molecule has 0 aliphatic carbocycles. The molecule has 108 valence electrons. The van der Waals surface area contributed by atoms with Gasteiger partial charge >= 0.3 is 0 Å². The summed E-state index contributed by atoms with van der Waals surface area (Å²) in [7, 11) is 0. The van der Waals surface area contributed by atoms with Crippen molar-refractivity contribution in [2.75, 3.05) is 12.3 Å². The van der Waals surface area contributed by atoms with E-state index in [9.17, 15) is 0 Å². The summed E-state index contributed by atoms with van der Waals surface area (Å²) in [4.78, 5) is 4.24. The Morgan fingerprint density at radius 1 is 1.30 bits per heavy atom. The van der Waals surface area contributed by atoms with Crippen LogP contribution in [0.1, 0.15) is 36.1 Å². The Morgan fingerprint density at radius 2 is 2.15 bits per heavy atom. The summed E-state index contributed by atoms with van der Waals surface area (Å²) in [5.74, 6) is 0.984. The van der Waals surface area contributed by atoms with Gasteiger partial charge in [-0.15, -0.1) is 0 Å². The maximum absolute atomic E-state index is 4.24. The molecule has 3 nitrogen and oxygen atoms in total. The first kappa shape index (κ1) is 15.5. The standard InChI is InChI=1S/C15H21N3S2/c1-4-7-16-14(9-19-15-17-10-18-20-15)13-6-5-11(2)12(3)8-13/h5-6,8,10,14,16H,4,7,9H2,1-3H3. The van der Waals surface area contributed by atoms with E-state index in [0.29, 0.717) is 6.04 Å². The van der Waals surface area contributed by atoms with Gasteiger partial charge in [0, 0.05) is 11.8 Å². The predicted molar refractivity (Wildman–Crippen MR) is 87.6 cm³/mol. The average molecular weight is 307 g/mol. The molecule has 0 spiro atoms. The fourth-order valence-corrected chi connectivity index (χ4v) is 3.52. The van der Waals surface area contributed by atoms with E-state index in [0.717, 1.165) is 23.1 Å². The number of hydrogen-bond acceptors (Lipinski definition) is 5. The molecule has 1 aromatic carbocycles. The van der Waals surface area contributed by atoms with E-state index in [1.165, 1.54) is 28.2 Å². The van der Waals surface area contributed by atoms with Crippen LogP contribution in [0.25, 0.3) is 0 Å². The predicted octanol–water partition coefficient (Wildman–Crippen LogP) is 3.99. The summed E-state index contributed by atoms with van der Waals surface area (Å²) in [6.07, 6.45) is 2.77. The minimum Gasteiger partial charge on any atom is -0.309 e. The van der Waals surface area contributed by atoms with E-state index in [4.69, 9.17) is 0 Å². The van der Waals surface area contributed by atoms with Crippen molar-refractivity contribution in [2.24, 2.45) is 0 Å². The van der Waals surface area contributed by atoms with Crippen molar-refractivity contribution in [3.63, 3.8) is 0 Å². The lowest BCUT2D eigenvalue weighted by Gasteiger charge is -2.19. The van der Waals surface area contributed by atoms with Gasteiger partial charge in [-0.05, 0) is 55.0 Å². The number of thioether (sulfide) groups is 1. The quantitative estimate of drug-likeness (QED) is 0.785. The highest BCUT2D eigenvalue weighted by Crippen LogP contribution is 2.26. The number of rotatable bonds is 7. The van der Waals surface area contributed by atoms with E-state index in [2.05, 4.69) is 53.6 Å². The lowest BCUT2D eigenvalue weighted by atomic mass is 10.0. The van der Waals surface area contributed by atoms with Gasteiger partial charge in [0.2, 0.25) is 0 Å². The lowest BCUT2D eigenvalue weighted by Crippen LogP contribution is -2.24. The maximum atomic E-state index is 4.24. The van der Waals surface area contributed by atoms with E-state index >= 15 is 0 Å². The number of nitrogens with zero attached hydrogens (tertiary/aromatic N) is 2. The van der Waals surface area contributed by atoms with Crippen LogP contribution in [0.3, 0.4) is 0 Å². The molecule has 0 bridgehead atoms. The molecule has 1 N–H and O–H groups in total. The molecule has 1 unspecified atom stereocenters. The van der Waals surface area contributed by atoms with Crippen molar-refractivity contribution in [2.45, 2.75) is 37.6 Å². The zero-order valence-electron chi connectivity index (χ0n) is 12.2. The summed E-state index contributed by atoms with van der Waals surface area (Å²) in [5, 5.41) is 3.63. The van der Waals surface area contributed by atoms with E-state index in [-0.39, 0.29) is 0 Å². The highest BCUT2D eigenvalue weighted by Gasteiger charge is 2.13. The summed E-state index contributed by atoms with van der Waals surface area (Å²) in [6, 6.07) is 7.10. The monoisotopic (exact) mass is 307 g/mol. The number of benzene rings is 1. The van der Waals surface area contributed by atoms with Gasteiger partial charge in [-0.1, -0.05) is 36.9 Å². The molecule has 1 heterocycles. The fourth-order valence-electron chi connectivity index (χ4n) is 1.95. The van der Waals surface area contributed by atoms with Crippen molar-refractivity contribution in [1.82, 2.24) is 14.7 Å². The van der Waals surface area contributed by atoms with Gasteiger partial charge in [-0.2, -0.15) is 4.37 Å². The molecule has 1 aromatic heterocycles. The van der Waals surface area contributed by atoms with Crippen LogP contribution >= 0.6 is 23.3 Å². The second kappa shape index (κ2) is 7.76. The first-order valence-electron chi connectivity index (χ1n) is 6.90. The normalized spacial score (nSPS) is 12.6. The number of hydrogen-bond donors (Lipinski definition) is 1. The first-order valence-corrected chi connectivity index (χ1v) is 8.66. The molecule has 5 heteroatoms. The van der Waals surface area contributed by atoms with Gasteiger partial charge in [0.25, 0.3) is 0 Å². The van der Waals surface area contributed by atoms with E-state index in [1.54, 1.807) is 18.1 Å². The van der Waals surface area contributed by atoms with E-state index < -0.39 is 0 Å². The van der Waals surface area contributed by atoms with Crippen molar-refractivity contribution in [3.05, 3.63) is 41.2 Å². The minimum atomic E-state index is 0.364. The third kappa shape index (κ3) is 4.30. The Kier molecular flexibility index (Phi) is 6.01. The van der Waals surface area contributed by atoms with Crippen LogP contribution in [0, 0.1) is 13.8 Å². The molecule has 0 aliphatic rings. The van der Waals surface area contributed by atoms with Crippen LogP contribution in [-0.2, 0) is 0 Å². The first-order chi connectivity index (χ1) is 9.70. The Bertz CT molecular complexity index is 526. The minimum absolute atomic E-state index is 0.364. The van der Waals surface area contributed by atoms with Crippen LogP contribution in [0.15, 0.2) is 28.9 Å². The average Bonchev–Trinajstić information content (AvgIpc) is 2.95. The SMILES string of the molecule is CCCNC(CSc1ncns1)c1ccc(C)c(C)c1. The molecule has 0 aliphatic heterocycles. The number of aromatic nitrogens is 2. The molecule has 0 saturated heterocycles. The highest BCUT2D eigenvalue weighted by molar-refractivity contribution is 8.00. The largest absolute Gasteiger partial charge is 0.309 e. The summed E-state index contributed by atoms with van der Waals surface area (Å²) >= 11 is 3.24. The van der Waals surface area contributed by atoms with Crippen LogP contribution in [0.5, 0.6) is 0 Å². The lowest BCUT2D eigenvalue weighted by molar-refractivity contribution is 0.577. The second-order valence-corrected chi connectivity index (χ2v) is 6.92. The Balaban J connectivity index is 2.07. The van der Waals surface area contributed by atoms with Crippen LogP contribution in [-0.4, -0.2) is 21.7 Å². The Morgan fingerprint density at radius 3 is 2.80 bits per heavy atom. The van der Waals surface area contributed by atoms with Crippen LogP contribution in [0.4, 0.5) is 0 Å². The second-order valence-electron chi connectivity index (χ2n) is 4.87. The molecular formula is C15H21N3S2. The molecular weight excluding hydrogens is 286 g/mol. The maximum Gasteiger partial charge on any atom is 0.169 e. The molecule has 2 aromatic rings. The Hall–Kier alpha value is -0.910. The topological polar surface area (TPSA) is 37.8 Å². The summed E-state index contributed by atoms with van der Waals surface area (Å²) in [6.45, 7) is 7.56. The smallest absolute Gasteiger partial charge is 0.169 e. The molecule has 0 fully saturated rings. The molecule has 2 rings (SSSR count). The zero-order chi connectivity index (χ0) is 14.4. The zero-order valence-corrected chi connectivity index (χ0v) is 13.9. The van der Waals surface area contributed by atoms with Gasteiger partial charge in [-0.3, -0.25) is 0 Å². The van der Waals surface area contributed by atoms with Gasteiger partial charge in [0.15, 0.2) is 4.34 Å². The van der Waals surface area contributed by atoms with Gasteiger partial charge in [0.1, 0.15) is 6.33 Å². The van der Waals surface area contributed by atoms with Crippen molar-refractivity contribution < 1.29 is 0 Å². The van der Waals surface area contributed by atoms with Crippen molar-refractivity contribution in [1.29, 1.82) is 0 Å². The van der Waals surface area contributed by atoms with Crippen molar-refractivity contribution in [3.8, 4) is 0 Å². The molecule has 0 saturated carbocycles. The van der Waals surface area contributed by atoms with Crippen molar-refractivity contribution >= 4 is 23.3 Å². The van der Waals surface area contributed by atoms with E-state index in [1.807, 2.05) is 0 Å². The molecule has 1 atom stereocenters. The number of aryl methyl sites for hydroxylation is 2. The highest BCUT2D eigenvalue weighted by atomic mass is 32.2. The molecule has 0 radical (unpaired) electrons. The van der Waals surface area contributed by atoms with Crippen LogP contribution in [0.2, 0.25) is 0 Å². The third-order valence-electron chi connectivity index (χ3n) is 3.29. The van der Waals surface area contributed by atoms with Gasteiger partial charge in [0.05, 0.1) is 0 Å². The van der Waals surface area contributed by atoms with Gasteiger partial charge < -0.3 is 5.32 Å². The van der Waals surface area contributed by atoms with Crippen LogP contribution < -0.4 is 5.32 Å².